The molecule has 100 valence electrons. The van der Waals surface area contributed by atoms with E-state index in [0.717, 1.165) is 25.8 Å². The molecule has 2 bridgehead atoms. The maximum Gasteiger partial charge on any atom is 0.215 e. The molecule has 1 saturated heterocycles. The van der Waals surface area contributed by atoms with Gasteiger partial charge < -0.3 is 5.73 Å². The Kier molecular flexibility index (Phi) is 3.80. The number of sulfonamides is 1. The van der Waals surface area contributed by atoms with E-state index < -0.39 is 10.0 Å². The van der Waals surface area contributed by atoms with Crippen LogP contribution in [0.1, 0.15) is 39.5 Å². The highest BCUT2D eigenvalue weighted by Crippen LogP contribution is 2.39. The smallest absolute Gasteiger partial charge is 0.215 e. The Labute approximate surface area is 105 Å². The summed E-state index contributed by atoms with van der Waals surface area (Å²) in [6, 6.07) is 0.0401. The molecule has 5 heteroatoms. The van der Waals surface area contributed by atoms with Crippen LogP contribution in [0.4, 0.5) is 0 Å². The van der Waals surface area contributed by atoms with Gasteiger partial charge in [-0.25, -0.2) is 8.42 Å². The van der Waals surface area contributed by atoms with Crippen molar-refractivity contribution in [3.05, 3.63) is 0 Å². The van der Waals surface area contributed by atoms with Gasteiger partial charge in [0.1, 0.15) is 0 Å². The Hall–Kier alpha value is -0.130. The van der Waals surface area contributed by atoms with Crippen LogP contribution in [0.2, 0.25) is 0 Å². The molecule has 0 spiro atoms. The summed E-state index contributed by atoms with van der Waals surface area (Å²) in [5.41, 5.74) is 5.97. The van der Waals surface area contributed by atoms with E-state index in [-0.39, 0.29) is 23.8 Å². The molecule has 17 heavy (non-hydrogen) atoms. The van der Waals surface area contributed by atoms with E-state index in [1.165, 1.54) is 6.42 Å². The highest BCUT2D eigenvalue weighted by atomic mass is 32.2. The van der Waals surface area contributed by atoms with Crippen LogP contribution in [-0.4, -0.2) is 37.1 Å². The van der Waals surface area contributed by atoms with Crippen molar-refractivity contribution in [2.75, 3.05) is 12.3 Å². The minimum Gasteiger partial charge on any atom is -0.326 e. The highest BCUT2D eigenvalue weighted by molar-refractivity contribution is 7.89. The molecule has 0 aromatic heterocycles. The summed E-state index contributed by atoms with van der Waals surface area (Å²) in [5, 5.41) is 0. The van der Waals surface area contributed by atoms with Gasteiger partial charge in [-0.15, -0.1) is 0 Å². The van der Waals surface area contributed by atoms with Gasteiger partial charge in [-0.05, 0) is 31.1 Å². The number of hydrogen-bond donors (Lipinski definition) is 1. The predicted molar refractivity (Wildman–Crippen MR) is 69.1 cm³/mol. The number of piperidine rings is 1. The molecule has 2 fully saturated rings. The van der Waals surface area contributed by atoms with Crippen molar-refractivity contribution >= 4 is 10.0 Å². The molecule has 0 aromatic rings. The lowest BCUT2D eigenvalue weighted by atomic mass is 10.0. The molecule has 2 aliphatic rings. The molecule has 1 heterocycles. The quantitative estimate of drug-likeness (QED) is 0.807. The van der Waals surface area contributed by atoms with Gasteiger partial charge in [-0.1, -0.05) is 20.3 Å². The average molecular weight is 260 g/mol. The second kappa shape index (κ2) is 4.86. The van der Waals surface area contributed by atoms with Crippen LogP contribution in [0.15, 0.2) is 0 Å². The van der Waals surface area contributed by atoms with Crippen molar-refractivity contribution in [2.24, 2.45) is 17.6 Å². The summed E-state index contributed by atoms with van der Waals surface area (Å²) in [6.45, 7) is 4.81. The molecule has 0 aromatic carbocycles. The Balaban J connectivity index is 2.00. The first kappa shape index (κ1) is 13.3. The van der Waals surface area contributed by atoms with Gasteiger partial charge >= 0.3 is 0 Å². The normalized spacial score (nSPS) is 32.9. The number of hydrogen-bond acceptors (Lipinski definition) is 3. The first-order valence-corrected chi connectivity index (χ1v) is 8.30. The molecule has 4 nitrogen and oxygen atoms in total. The molecule has 4 atom stereocenters. The molecular weight excluding hydrogens is 236 g/mol. The summed E-state index contributed by atoms with van der Waals surface area (Å²) in [5.74, 6) is 0.991. The SMILES string of the molecule is CCC(C)C(N)CS(=O)(=O)N1CC2CCC1C2. The second-order valence-corrected chi connectivity index (χ2v) is 7.70. The standard InChI is InChI=1S/C12H24N2O2S/c1-3-9(2)12(13)8-17(15,16)14-7-10-4-5-11(14)6-10/h9-12H,3-8,13H2,1-2H3. The van der Waals surface area contributed by atoms with Gasteiger partial charge in [0.15, 0.2) is 0 Å². The average Bonchev–Trinajstić information content (AvgIpc) is 2.89. The zero-order chi connectivity index (χ0) is 12.6. The number of nitrogens with zero attached hydrogens (tertiary/aromatic N) is 1. The van der Waals surface area contributed by atoms with Crippen LogP contribution in [0, 0.1) is 11.8 Å². The van der Waals surface area contributed by atoms with Gasteiger partial charge in [-0.3, -0.25) is 0 Å². The third kappa shape index (κ3) is 2.66. The second-order valence-electron chi connectivity index (χ2n) is 5.73. The highest BCUT2D eigenvalue weighted by Gasteiger charge is 2.44. The fourth-order valence-corrected chi connectivity index (χ4v) is 5.12. The van der Waals surface area contributed by atoms with Crippen LogP contribution in [0.5, 0.6) is 0 Å². The summed E-state index contributed by atoms with van der Waals surface area (Å²) < 4.78 is 26.3. The van der Waals surface area contributed by atoms with Gasteiger partial charge in [0.05, 0.1) is 5.75 Å². The largest absolute Gasteiger partial charge is 0.326 e. The van der Waals surface area contributed by atoms with Crippen LogP contribution in [-0.2, 0) is 10.0 Å². The summed E-state index contributed by atoms with van der Waals surface area (Å²) in [4.78, 5) is 0. The van der Waals surface area contributed by atoms with Crippen LogP contribution < -0.4 is 5.73 Å². The minimum absolute atomic E-state index is 0.116. The van der Waals surface area contributed by atoms with E-state index in [0.29, 0.717) is 5.92 Å². The Morgan fingerprint density at radius 2 is 2.12 bits per heavy atom. The Morgan fingerprint density at radius 1 is 1.41 bits per heavy atom. The summed E-state index contributed by atoms with van der Waals surface area (Å²) >= 11 is 0. The van der Waals surface area contributed by atoms with E-state index in [1.807, 2.05) is 6.92 Å². The first-order chi connectivity index (χ1) is 7.94. The molecule has 1 aliphatic carbocycles. The molecule has 0 amide bonds. The summed E-state index contributed by atoms with van der Waals surface area (Å²) in [6.07, 6.45) is 4.25. The molecule has 0 radical (unpaired) electrons. The van der Waals surface area contributed by atoms with Crippen LogP contribution >= 0.6 is 0 Å². The van der Waals surface area contributed by atoms with Crippen molar-refractivity contribution in [1.29, 1.82) is 0 Å². The zero-order valence-electron chi connectivity index (χ0n) is 10.8. The van der Waals surface area contributed by atoms with Gasteiger partial charge in [0.2, 0.25) is 10.0 Å². The van der Waals surface area contributed by atoms with Gasteiger partial charge in [0.25, 0.3) is 0 Å². The fraction of sp³-hybridized carbons (Fsp3) is 1.00. The van der Waals surface area contributed by atoms with Gasteiger partial charge in [-0.2, -0.15) is 4.31 Å². The van der Waals surface area contributed by atoms with E-state index >= 15 is 0 Å². The molecule has 1 aliphatic heterocycles. The van der Waals surface area contributed by atoms with E-state index in [2.05, 4.69) is 6.92 Å². The number of rotatable bonds is 5. The van der Waals surface area contributed by atoms with Crippen LogP contribution in [0.3, 0.4) is 0 Å². The van der Waals surface area contributed by atoms with Crippen molar-refractivity contribution in [3.8, 4) is 0 Å². The number of fused-ring (bicyclic) bond motifs is 2. The predicted octanol–water partition coefficient (Wildman–Crippen LogP) is 1.17. The molecule has 2 rings (SSSR count). The molecular formula is C12H24N2O2S. The van der Waals surface area contributed by atoms with E-state index in [4.69, 9.17) is 5.73 Å². The minimum atomic E-state index is -3.14. The van der Waals surface area contributed by atoms with Crippen molar-refractivity contribution < 1.29 is 8.42 Å². The Bertz CT molecular complexity index is 369. The zero-order valence-corrected chi connectivity index (χ0v) is 11.6. The monoisotopic (exact) mass is 260 g/mol. The lowest BCUT2D eigenvalue weighted by molar-refractivity contribution is 0.329. The number of nitrogens with two attached hydrogens (primary N) is 1. The van der Waals surface area contributed by atoms with E-state index in [9.17, 15) is 8.42 Å². The third-order valence-electron chi connectivity index (χ3n) is 4.49. The van der Waals surface area contributed by atoms with Crippen molar-refractivity contribution in [2.45, 2.75) is 51.6 Å². The van der Waals surface area contributed by atoms with Crippen molar-refractivity contribution in [3.63, 3.8) is 0 Å². The van der Waals surface area contributed by atoms with Crippen LogP contribution in [0.25, 0.3) is 0 Å². The van der Waals surface area contributed by atoms with Gasteiger partial charge in [0, 0.05) is 18.6 Å². The Morgan fingerprint density at radius 3 is 2.59 bits per heavy atom. The maximum absolute atomic E-state index is 12.3. The van der Waals surface area contributed by atoms with Crippen molar-refractivity contribution in [1.82, 2.24) is 4.31 Å². The maximum atomic E-state index is 12.3. The lowest BCUT2D eigenvalue weighted by Gasteiger charge is -2.28. The molecule has 2 N–H and O–H groups in total. The lowest BCUT2D eigenvalue weighted by Crippen LogP contribution is -2.45. The fourth-order valence-electron chi connectivity index (χ4n) is 3.03. The molecule has 4 unspecified atom stereocenters. The van der Waals surface area contributed by atoms with E-state index in [1.54, 1.807) is 4.31 Å². The topological polar surface area (TPSA) is 63.4 Å². The summed E-state index contributed by atoms with van der Waals surface area (Å²) in [7, 11) is -3.14. The third-order valence-corrected chi connectivity index (χ3v) is 6.46. The first-order valence-electron chi connectivity index (χ1n) is 6.69. The molecule has 1 saturated carbocycles.